The zero-order valence-electron chi connectivity index (χ0n) is 15.1. The third-order valence-electron chi connectivity index (χ3n) is 6.26. The normalized spacial score (nSPS) is 22.8. The highest BCUT2D eigenvalue weighted by Gasteiger charge is 2.32. The summed E-state index contributed by atoms with van der Waals surface area (Å²) in [6.07, 6.45) is 3.73. The van der Waals surface area contributed by atoms with E-state index in [1.807, 2.05) is 0 Å². The van der Waals surface area contributed by atoms with Crippen LogP contribution < -0.4 is 5.46 Å². The third-order valence-corrected chi connectivity index (χ3v) is 6.26. The van der Waals surface area contributed by atoms with Crippen LogP contribution in [0.5, 0.6) is 0 Å². The Labute approximate surface area is 133 Å². The summed E-state index contributed by atoms with van der Waals surface area (Å²) < 4.78 is 0. The fourth-order valence-corrected chi connectivity index (χ4v) is 3.03. The van der Waals surface area contributed by atoms with Crippen LogP contribution in [-0.2, 0) is 6.42 Å². The second-order valence-electron chi connectivity index (χ2n) is 8.81. The van der Waals surface area contributed by atoms with E-state index in [-0.39, 0.29) is 0 Å². The van der Waals surface area contributed by atoms with Crippen molar-refractivity contribution in [3.8, 4) is 0 Å². The lowest BCUT2D eigenvalue weighted by Crippen LogP contribution is -2.33. The van der Waals surface area contributed by atoms with E-state index in [4.69, 9.17) is 0 Å². The summed E-state index contributed by atoms with van der Waals surface area (Å²) in [6.45, 7) is 16.6. The first-order chi connectivity index (χ1) is 9.62. The van der Waals surface area contributed by atoms with E-state index in [2.05, 4.69) is 73.9 Å². The number of rotatable bonds is 3. The van der Waals surface area contributed by atoms with Crippen molar-refractivity contribution in [2.45, 2.75) is 73.5 Å². The van der Waals surface area contributed by atoms with Crippen LogP contribution in [0.3, 0.4) is 0 Å². The van der Waals surface area contributed by atoms with Crippen LogP contribution in [0.25, 0.3) is 0 Å². The van der Waals surface area contributed by atoms with Gasteiger partial charge in [-0.25, -0.2) is 0 Å². The van der Waals surface area contributed by atoms with Crippen molar-refractivity contribution in [3.63, 3.8) is 0 Å². The maximum atomic E-state index is 2.44. The first-order valence-electron chi connectivity index (χ1n) is 8.58. The standard InChI is InChI=1S/C20H32B/c1-14-8-9-16-12-17(10-11-18(16)15(14)2)21-13-20(6,7)19(3,4)5/h10-12,14-15H,8-9,13H2,1-7H3. The molecule has 21 heavy (non-hydrogen) atoms. The summed E-state index contributed by atoms with van der Waals surface area (Å²) in [6, 6.07) is 7.15. The van der Waals surface area contributed by atoms with Crippen molar-refractivity contribution < 1.29 is 0 Å². The molecule has 0 aromatic heterocycles. The fraction of sp³-hybridized carbons (Fsp3) is 0.700. The smallest absolute Gasteiger partial charge is 0.0875 e. The topological polar surface area (TPSA) is 0 Å². The number of aryl methyl sites for hydroxylation is 1. The molecule has 1 aromatic rings. The molecule has 2 atom stereocenters. The molecule has 0 bridgehead atoms. The van der Waals surface area contributed by atoms with Crippen LogP contribution >= 0.6 is 0 Å². The van der Waals surface area contributed by atoms with E-state index in [0.29, 0.717) is 16.7 Å². The van der Waals surface area contributed by atoms with Gasteiger partial charge in [-0.2, -0.15) is 0 Å². The summed E-state index contributed by atoms with van der Waals surface area (Å²) in [4.78, 5) is 0. The number of fused-ring (bicyclic) bond motifs is 1. The van der Waals surface area contributed by atoms with Crippen molar-refractivity contribution >= 4 is 12.7 Å². The molecule has 0 nitrogen and oxygen atoms in total. The highest BCUT2D eigenvalue weighted by molar-refractivity contribution is 6.53. The minimum Gasteiger partial charge on any atom is -0.0875 e. The Morgan fingerprint density at radius 3 is 2.38 bits per heavy atom. The molecule has 0 spiro atoms. The molecule has 0 saturated carbocycles. The monoisotopic (exact) mass is 283 g/mol. The Kier molecular flexibility index (Phi) is 4.61. The van der Waals surface area contributed by atoms with Gasteiger partial charge in [0.05, 0.1) is 0 Å². The third kappa shape index (κ3) is 3.55. The lowest BCUT2D eigenvalue weighted by Gasteiger charge is -2.39. The molecule has 1 radical (unpaired) electrons. The van der Waals surface area contributed by atoms with Gasteiger partial charge in [-0.05, 0) is 46.6 Å². The van der Waals surface area contributed by atoms with Crippen molar-refractivity contribution in [3.05, 3.63) is 29.3 Å². The summed E-state index contributed by atoms with van der Waals surface area (Å²) >= 11 is 0. The molecular formula is C20H32B. The van der Waals surface area contributed by atoms with Gasteiger partial charge in [-0.15, -0.1) is 0 Å². The van der Waals surface area contributed by atoms with Gasteiger partial charge >= 0.3 is 0 Å². The second-order valence-corrected chi connectivity index (χ2v) is 8.81. The SMILES string of the molecule is CC1CCc2cc([B]CC(C)(C)C(C)(C)C)ccc2C1C. The van der Waals surface area contributed by atoms with E-state index in [1.54, 1.807) is 11.1 Å². The molecule has 0 N–H and O–H groups in total. The van der Waals surface area contributed by atoms with Crippen LogP contribution in [0, 0.1) is 16.7 Å². The van der Waals surface area contributed by atoms with Crippen LogP contribution in [0.1, 0.15) is 71.9 Å². The first-order valence-corrected chi connectivity index (χ1v) is 8.58. The Morgan fingerprint density at radius 2 is 1.76 bits per heavy atom. The molecule has 0 heterocycles. The first kappa shape index (κ1) is 16.7. The molecule has 1 aliphatic rings. The molecule has 1 aliphatic carbocycles. The molecule has 115 valence electrons. The molecule has 0 fully saturated rings. The van der Waals surface area contributed by atoms with Crippen LogP contribution in [0.4, 0.5) is 0 Å². The summed E-state index contributed by atoms with van der Waals surface area (Å²) in [5.74, 6) is 1.54. The van der Waals surface area contributed by atoms with E-state index >= 15 is 0 Å². The van der Waals surface area contributed by atoms with Gasteiger partial charge in [-0.3, -0.25) is 0 Å². The average Bonchev–Trinajstić information content (AvgIpc) is 2.39. The van der Waals surface area contributed by atoms with Gasteiger partial charge in [0.15, 0.2) is 7.28 Å². The van der Waals surface area contributed by atoms with Gasteiger partial charge < -0.3 is 0 Å². The Hall–Kier alpha value is -0.715. The second kappa shape index (κ2) is 5.82. The minimum absolute atomic E-state index is 0.324. The molecule has 0 amide bonds. The predicted octanol–water partition coefficient (Wildman–Crippen LogP) is 5.19. The minimum atomic E-state index is 0.324. The Bertz CT molecular complexity index is 493. The zero-order chi connectivity index (χ0) is 15.8. The van der Waals surface area contributed by atoms with Gasteiger partial charge in [0, 0.05) is 0 Å². The van der Waals surface area contributed by atoms with Crippen LogP contribution in [-0.4, -0.2) is 7.28 Å². The summed E-state index contributed by atoms with van der Waals surface area (Å²) in [5.41, 5.74) is 5.24. The van der Waals surface area contributed by atoms with Gasteiger partial charge in [0.1, 0.15) is 0 Å². The largest absolute Gasteiger partial charge is 0.152 e. The van der Waals surface area contributed by atoms with E-state index in [0.717, 1.165) is 12.2 Å². The van der Waals surface area contributed by atoms with Crippen molar-refractivity contribution in [1.82, 2.24) is 0 Å². The number of hydrogen-bond acceptors (Lipinski definition) is 0. The van der Waals surface area contributed by atoms with Gasteiger partial charge in [-0.1, -0.05) is 78.4 Å². The molecular weight excluding hydrogens is 251 g/mol. The molecule has 2 unspecified atom stereocenters. The molecule has 1 aromatic carbocycles. The molecule has 1 heteroatoms. The molecule has 0 saturated heterocycles. The van der Waals surface area contributed by atoms with Gasteiger partial charge in [0.2, 0.25) is 0 Å². The van der Waals surface area contributed by atoms with Gasteiger partial charge in [0.25, 0.3) is 0 Å². The lowest BCUT2D eigenvalue weighted by atomic mass is 9.53. The van der Waals surface area contributed by atoms with Crippen molar-refractivity contribution in [2.75, 3.05) is 0 Å². The maximum absolute atomic E-state index is 2.44. The van der Waals surface area contributed by atoms with E-state index < -0.39 is 0 Å². The van der Waals surface area contributed by atoms with Crippen LogP contribution in [0.2, 0.25) is 6.32 Å². The van der Waals surface area contributed by atoms with E-state index in [1.165, 1.54) is 18.3 Å². The van der Waals surface area contributed by atoms with E-state index in [9.17, 15) is 0 Å². The Morgan fingerprint density at radius 1 is 1.10 bits per heavy atom. The quantitative estimate of drug-likeness (QED) is 0.669. The molecule has 2 rings (SSSR count). The molecule has 0 aliphatic heterocycles. The van der Waals surface area contributed by atoms with Crippen molar-refractivity contribution in [2.24, 2.45) is 16.7 Å². The number of hydrogen-bond donors (Lipinski definition) is 0. The fourth-order valence-electron chi connectivity index (χ4n) is 3.03. The zero-order valence-corrected chi connectivity index (χ0v) is 15.1. The number of benzene rings is 1. The summed E-state index contributed by atoms with van der Waals surface area (Å²) in [5, 5.41) is 0. The maximum Gasteiger partial charge on any atom is 0.152 e. The predicted molar refractivity (Wildman–Crippen MR) is 95.8 cm³/mol. The van der Waals surface area contributed by atoms with Crippen molar-refractivity contribution in [1.29, 1.82) is 0 Å². The lowest BCUT2D eigenvalue weighted by molar-refractivity contribution is 0.157. The average molecular weight is 283 g/mol. The van der Waals surface area contributed by atoms with Crippen LogP contribution in [0.15, 0.2) is 18.2 Å². The highest BCUT2D eigenvalue weighted by atomic mass is 14.3. The highest BCUT2D eigenvalue weighted by Crippen LogP contribution is 2.41. The summed E-state index contributed by atoms with van der Waals surface area (Å²) in [7, 11) is 2.44. The Balaban J connectivity index is 2.10.